The summed E-state index contributed by atoms with van der Waals surface area (Å²) in [6.07, 6.45) is 3.24. The molecule has 1 atom stereocenters. The first-order valence-corrected chi connectivity index (χ1v) is 5.67. The van der Waals surface area contributed by atoms with E-state index in [1.165, 1.54) is 6.07 Å². The molecule has 1 aromatic carbocycles. The van der Waals surface area contributed by atoms with Crippen molar-refractivity contribution >= 4 is 11.0 Å². The molecular weight excluding hydrogens is 233 g/mol. The van der Waals surface area contributed by atoms with Crippen molar-refractivity contribution in [3.8, 4) is 0 Å². The molecule has 0 amide bonds. The summed E-state index contributed by atoms with van der Waals surface area (Å²) in [5, 5.41) is 3.88. The Hall–Kier alpha value is -2.07. The summed E-state index contributed by atoms with van der Waals surface area (Å²) in [6.45, 7) is 0. The average Bonchev–Trinajstić information content (AvgIpc) is 3.00. The Kier molecular flexibility index (Phi) is 2.64. The summed E-state index contributed by atoms with van der Waals surface area (Å²) in [6, 6.07) is 8.44. The molecule has 92 valence electrons. The number of para-hydroxylation sites is 1. The van der Waals surface area contributed by atoms with Gasteiger partial charge in [-0.05, 0) is 25.2 Å². The summed E-state index contributed by atoms with van der Waals surface area (Å²) in [4.78, 5) is 0. The molecule has 0 aliphatic carbocycles. The van der Waals surface area contributed by atoms with Crippen LogP contribution in [0.25, 0.3) is 11.0 Å². The van der Waals surface area contributed by atoms with Crippen LogP contribution in [-0.2, 0) is 0 Å². The fourth-order valence-corrected chi connectivity index (χ4v) is 2.10. The average molecular weight is 245 g/mol. The van der Waals surface area contributed by atoms with Crippen molar-refractivity contribution in [2.45, 2.75) is 6.04 Å². The maximum absolute atomic E-state index is 13.6. The lowest BCUT2D eigenvalue weighted by Crippen LogP contribution is -2.16. The highest BCUT2D eigenvalue weighted by Crippen LogP contribution is 2.29. The van der Waals surface area contributed by atoms with Crippen LogP contribution in [0.2, 0.25) is 0 Å². The van der Waals surface area contributed by atoms with Gasteiger partial charge in [0.2, 0.25) is 0 Å². The van der Waals surface area contributed by atoms with Crippen LogP contribution >= 0.6 is 0 Å². The zero-order chi connectivity index (χ0) is 12.5. The van der Waals surface area contributed by atoms with Crippen LogP contribution in [0, 0.1) is 5.82 Å². The third kappa shape index (κ3) is 1.71. The van der Waals surface area contributed by atoms with E-state index in [4.69, 9.17) is 8.83 Å². The molecular formula is C14H12FNO2. The van der Waals surface area contributed by atoms with Crippen molar-refractivity contribution in [1.82, 2.24) is 5.32 Å². The van der Waals surface area contributed by atoms with Gasteiger partial charge >= 0.3 is 0 Å². The molecule has 0 saturated heterocycles. The minimum absolute atomic E-state index is 0.143. The zero-order valence-corrected chi connectivity index (χ0v) is 9.81. The standard InChI is InChI=1S/C14H12FNO2/c1-16-13(10-5-6-17-8-10)12-7-9-3-2-4-11(15)14(9)18-12/h2-8,13,16H,1H3. The third-order valence-electron chi connectivity index (χ3n) is 2.96. The van der Waals surface area contributed by atoms with E-state index in [0.717, 1.165) is 10.9 Å². The van der Waals surface area contributed by atoms with Crippen molar-refractivity contribution in [2.24, 2.45) is 0 Å². The van der Waals surface area contributed by atoms with E-state index in [9.17, 15) is 4.39 Å². The van der Waals surface area contributed by atoms with Gasteiger partial charge in [0.1, 0.15) is 5.76 Å². The first-order valence-electron chi connectivity index (χ1n) is 5.67. The maximum atomic E-state index is 13.6. The highest BCUT2D eigenvalue weighted by atomic mass is 19.1. The summed E-state index contributed by atoms with van der Waals surface area (Å²) in [5.41, 5.74) is 1.23. The molecule has 2 heterocycles. The molecule has 0 aliphatic heterocycles. The Morgan fingerprint density at radius 3 is 2.83 bits per heavy atom. The number of halogens is 1. The fourth-order valence-electron chi connectivity index (χ4n) is 2.10. The van der Waals surface area contributed by atoms with Crippen LogP contribution < -0.4 is 5.32 Å². The molecule has 3 rings (SSSR count). The second-order valence-corrected chi connectivity index (χ2v) is 4.09. The van der Waals surface area contributed by atoms with Crippen LogP contribution in [-0.4, -0.2) is 7.05 Å². The minimum Gasteiger partial charge on any atom is -0.472 e. The molecule has 3 nitrogen and oxygen atoms in total. The van der Waals surface area contributed by atoms with Crippen LogP contribution in [0.4, 0.5) is 4.39 Å². The van der Waals surface area contributed by atoms with Gasteiger partial charge in [0.15, 0.2) is 11.4 Å². The van der Waals surface area contributed by atoms with E-state index in [0.29, 0.717) is 5.76 Å². The predicted octanol–water partition coefficient (Wildman–Crippen LogP) is 3.47. The summed E-state index contributed by atoms with van der Waals surface area (Å²) in [5.74, 6) is 0.319. The highest BCUT2D eigenvalue weighted by molar-refractivity contribution is 5.78. The monoisotopic (exact) mass is 245 g/mol. The van der Waals surface area contributed by atoms with Gasteiger partial charge in [0.25, 0.3) is 0 Å². The molecule has 0 fully saturated rings. The molecule has 1 N–H and O–H groups in total. The molecule has 18 heavy (non-hydrogen) atoms. The molecule has 1 unspecified atom stereocenters. The number of fused-ring (bicyclic) bond motifs is 1. The van der Waals surface area contributed by atoms with Crippen molar-refractivity contribution in [3.63, 3.8) is 0 Å². The lowest BCUT2D eigenvalue weighted by molar-refractivity contribution is 0.472. The van der Waals surface area contributed by atoms with Crippen LogP contribution in [0.3, 0.4) is 0 Å². The van der Waals surface area contributed by atoms with E-state index in [1.54, 1.807) is 18.6 Å². The number of rotatable bonds is 3. The van der Waals surface area contributed by atoms with Gasteiger partial charge in [-0.3, -0.25) is 0 Å². The Balaban J connectivity index is 2.11. The topological polar surface area (TPSA) is 38.3 Å². The molecule has 2 aromatic heterocycles. The number of benzene rings is 1. The van der Waals surface area contributed by atoms with E-state index in [2.05, 4.69) is 5.32 Å². The maximum Gasteiger partial charge on any atom is 0.169 e. The molecule has 0 spiro atoms. The van der Waals surface area contributed by atoms with E-state index in [-0.39, 0.29) is 17.4 Å². The SMILES string of the molecule is CNC(c1ccoc1)c1cc2cccc(F)c2o1. The third-order valence-corrected chi connectivity index (χ3v) is 2.96. The lowest BCUT2D eigenvalue weighted by atomic mass is 10.1. The van der Waals surface area contributed by atoms with Crippen molar-refractivity contribution in [2.75, 3.05) is 7.05 Å². The van der Waals surface area contributed by atoms with Gasteiger partial charge in [0.05, 0.1) is 18.6 Å². The molecule has 3 aromatic rings. The van der Waals surface area contributed by atoms with Gasteiger partial charge in [-0.15, -0.1) is 0 Å². The predicted molar refractivity (Wildman–Crippen MR) is 65.8 cm³/mol. The number of nitrogens with one attached hydrogen (secondary N) is 1. The lowest BCUT2D eigenvalue weighted by Gasteiger charge is -2.10. The molecule has 0 aliphatic rings. The number of hydrogen-bond acceptors (Lipinski definition) is 3. The summed E-state index contributed by atoms with van der Waals surface area (Å²) in [7, 11) is 1.82. The number of furan rings is 2. The Morgan fingerprint density at radius 1 is 1.28 bits per heavy atom. The number of hydrogen-bond donors (Lipinski definition) is 1. The van der Waals surface area contributed by atoms with Gasteiger partial charge in [-0.1, -0.05) is 12.1 Å². The van der Waals surface area contributed by atoms with Crippen LogP contribution in [0.1, 0.15) is 17.4 Å². The second kappa shape index (κ2) is 4.31. The highest BCUT2D eigenvalue weighted by Gasteiger charge is 2.18. The van der Waals surface area contributed by atoms with Crippen molar-refractivity contribution in [3.05, 3.63) is 60.0 Å². The molecule has 0 saturated carbocycles. The first kappa shape index (κ1) is 11.0. The first-order chi connectivity index (χ1) is 8.79. The fraction of sp³-hybridized carbons (Fsp3) is 0.143. The van der Waals surface area contributed by atoms with Crippen molar-refractivity contribution in [1.29, 1.82) is 0 Å². The summed E-state index contributed by atoms with van der Waals surface area (Å²) < 4.78 is 24.2. The largest absolute Gasteiger partial charge is 0.472 e. The van der Waals surface area contributed by atoms with Crippen molar-refractivity contribution < 1.29 is 13.2 Å². The molecule has 0 radical (unpaired) electrons. The Morgan fingerprint density at radius 2 is 2.17 bits per heavy atom. The van der Waals surface area contributed by atoms with Gasteiger partial charge < -0.3 is 14.2 Å². The Labute approximate surface area is 103 Å². The van der Waals surface area contributed by atoms with Gasteiger partial charge in [0, 0.05) is 10.9 Å². The van der Waals surface area contributed by atoms with Gasteiger partial charge in [-0.25, -0.2) is 4.39 Å². The second-order valence-electron chi connectivity index (χ2n) is 4.09. The Bertz CT molecular complexity index is 658. The molecule has 0 bridgehead atoms. The van der Waals surface area contributed by atoms with Crippen LogP contribution in [0.15, 0.2) is 51.7 Å². The van der Waals surface area contributed by atoms with E-state index >= 15 is 0 Å². The quantitative estimate of drug-likeness (QED) is 0.767. The zero-order valence-electron chi connectivity index (χ0n) is 9.81. The molecule has 4 heteroatoms. The van der Waals surface area contributed by atoms with E-state index in [1.807, 2.05) is 25.2 Å². The van der Waals surface area contributed by atoms with E-state index < -0.39 is 0 Å². The minimum atomic E-state index is -0.346. The smallest absolute Gasteiger partial charge is 0.169 e. The van der Waals surface area contributed by atoms with Gasteiger partial charge in [-0.2, -0.15) is 0 Å². The summed E-state index contributed by atoms with van der Waals surface area (Å²) >= 11 is 0. The normalized spacial score (nSPS) is 13.0. The van der Waals surface area contributed by atoms with Crippen LogP contribution in [0.5, 0.6) is 0 Å².